The van der Waals surface area contributed by atoms with Gasteiger partial charge in [-0.3, -0.25) is 14.4 Å². The Labute approximate surface area is 155 Å². The number of likely N-dealkylation sites (tertiary alicyclic amines) is 2. The molecule has 0 radical (unpaired) electrons. The van der Waals surface area contributed by atoms with Crippen molar-refractivity contribution in [1.29, 1.82) is 0 Å². The molecule has 0 aromatic rings. The van der Waals surface area contributed by atoms with Gasteiger partial charge >= 0.3 is 5.97 Å². The van der Waals surface area contributed by atoms with Gasteiger partial charge in [-0.1, -0.05) is 13.8 Å². The van der Waals surface area contributed by atoms with Gasteiger partial charge in [0.05, 0.1) is 25.5 Å². The first-order chi connectivity index (χ1) is 12.0. The van der Waals surface area contributed by atoms with Gasteiger partial charge in [0.2, 0.25) is 5.91 Å². The lowest BCUT2D eigenvalue weighted by Crippen LogP contribution is -2.73. The summed E-state index contributed by atoms with van der Waals surface area (Å²) in [6.07, 6.45) is 1.23. The van der Waals surface area contributed by atoms with Gasteiger partial charge in [-0.05, 0) is 39.5 Å². The minimum atomic E-state index is -0.869. The molecule has 26 heavy (non-hydrogen) atoms. The van der Waals surface area contributed by atoms with E-state index in [-0.39, 0.29) is 18.2 Å². The van der Waals surface area contributed by atoms with Crippen LogP contribution in [0.3, 0.4) is 0 Å². The fourth-order valence-electron chi connectivity index (χ4n) is 3.87. The molecule has 2 rings (SSSR count). The molecule has 2 aliphatic heterocycles. The molecule has 7 heteroatoms. The molecular formula is C19H32N2O5. The quantitative estimate of drug-likeness (QED) is 0.562. The fourth-order valence-corrected chi connectivity index (χ4v) is 3.87. The third-order valence-electron chi connectivity index (χ3n) is 4.88. The van der Waals surface area contributed by atoms with Crippen LogP contribution < -0.4 is 0 Å². The summed E-state index contributed by atoms with van der Waals surface area (Å²) >= 11 is 0. The van der Waals surface area contributed by atoms with Crippen molar-refractivity contribution in [2.75, 3.05) is 26.2 Å². The number of carbonyl (C=O) groups is 3. The van der Waals surface area contributed by atoms with Crippen molar-refractivity contribution in [2.24, 2.45) is 11.8 Å². The Morgan fingerprint density at radius 3 is 2.46 bits per heavy atom. The Morgan fingerprint density at radius 1 is 1.31 bits per heavy atom. The van der Waals surface area contributed by atoms with Crippen LogP contribution in [0.5, 0.6) is 0 Å². The average Bonchev–Trinajstić information content (AvgIpc) is 2.95. The second-order valence-electron chi connectivity index (χ2n) is 8.87. The number of aliphatic hydroxyl groups is 1. The molecule has 7 nitrogen and oxygen atoms in total. The third-order valence-corrected chi connectivity index (χ3v) is 4.88. The largest absolute Gasteiger partial charge is 0.460 e. The van der Waals surface area contributed by atoms with E-state index in [4.69, 9.17) is 4.74 Å². The van der Waals surface area contributed by atoms with Crippen molar-refractivity contribution in [3.8, 4) is 0 Å². The molecule has 2 heterocycles. The molecule has 2 fully saturated rings. The summed E-state index contributed by atoms with van der Waals surface area (Å²) in [5, 5.41) is 9.65. The lowest BCUT2D eigenvalue weighted by atomic mass is 9.84. The second-order valence-corrected chi connectivity index (χ2v) is 8.87. The van der Waals surface area contributed by atoms with Gasteiger partial charge in [-0.2, -0.15) is 0 Å². The van der Waals surface area contributed by atoms with Crippen LogP contribution in [-0.2, 0) is 19.1 Å². The topological polar surface area (TPSA) is 87.2 Å². The summed E-state index contributed by atoms with van der Waals surface area (Å²) in [6.45, 7) is 10.7. The number of β-lactam (4-membered cyclic amide) rings is 1. The SMILES string of the molecule is CC(C)CN1CC2(CCCN2C(=O)[C@H](CO)CC(=O)OC(C)(C)C)C1=O. The first-order valence-electron chi connectivity index (χ1n) is 9.44. The summed E-state index contributed by atoms with van der Waals surface area (Å²) in [7, 11) is 0. The highest BCUT2D eigenvalue weighted by Gasteiger charge is 2.59. The van der Waals surface area contributed by atoms with E-state index in [1.54, 1.807) is 30.6 Å². The zero-order valence-electron chi connectivity index (χ0n) is 16.6. The molecule has 2 amide bonds. The number of ether oxygens (including phenoxy) is 1. The second kappa shape index (κ2) is 7.55. The molecule has 0 aromatic heterocycles. The van der Waals surface area contributed by atoms with Gasteiger partial charge in [0.25, 0.3) is 5.91 Å². The van der Waals surface area contributed by atoms with Gasteiger partial charge in [-0.25, -0.2) is 0 Å². The average molecular weight is 368 g/mol. The highest BCUT2D eigenvalue weighted by atomic mass is 16.6. The number of amides is 2. The molecule has 1 N–H and O–H groups in total. The van der Waals surface area contributed by atoms with Crippen LogP contribution in [0.2, 0.25) is 0 Å². The Bertz CT molecular complexity index is 569. The summed E-state index contributed by atoms with van der Waals surface area (Å²) in [5.41, 5.74) is -1.41. The van der Waals surface area contributed by atoms with Crippen molar-refractivity contribution < 1.29 is 24.2 Å². The molecular weight excluding hydrogens is 336 g/mol. The number of aliphatic hydroxyl groups excluding tert-OH is 1. The zero-order valence-corrected chi connectivity index (χ0v) is 16.6. The van der Waals surface area contributed by atoms with E-state index in [1.165, 1.54) is 0 Å². The number of rotatable bonds is 6. The lowest BCUT2D eigenvalue weighted by Gasteiger charge is -2.52. The van der Waals surface area contributed by atoms with E-state index in [1.807, 2.05) is 0 Å². The monoisotopic (exact) mass is 368 g/mol. The Hall–Kier alpha value is -1.63. The Balaban J connectivity index is 2.05. The van der Waals surface area contributed by atoms with Crippen LogP contribution in [0.15, 0.2) is 0 Å². The van der Waals surface area contributed by atoms with Gasteiger partial charge in [0.1, 0.15) is 11.1 Å². The van der Waals surface area contributed by atoms with Crippen LogP contribution in [0.1, 0.15) is 53.9 Å². The minimum Gasteiger partial charge on any atom is -0.460 e. The van der Waals surface area contributed by atoms with Crippen LogP contribution in [0.4, 0.5) is 0 Å². The molecule has 1 unspecified atom stereocenters. The van der Waals surface area contributed by atoms with Gasteiger partial charge in [-0.15, -0.1) is 0 Å². The minimum absolute atomic E-state index is 0.00833. The van der Waals surface area contributed by atoms with Crippen molar-refractivity contribution in [3.05, 3.63) is 0 Å². The van der Waals surface area contributed by atoms with Crippen LogP contribution in [0.25, 0.3) is 0 Å². The van der Waals surface area contributed by atoms with Crippen molar-refractivity contribution >= 4 is 17.8 Å². The maximum Gasteiger partial charge on any atom is 0.307 e. The fraction of sp³-hybridized carbons (Fsp3) is 0.842. The predicted octanol–water partition coefficient (Wildman–Crippen LogP) is 1.19. The molecule has 2 aliphatic rings. The van der Waals surface area contributed by atoms with E-state index in [0.717, 1.165) is 6.42 Å². The molecule has 2 saturated heterocycles. The van der Waals surface area contributed by atoms with Gasteiger partial charge in [0.15, 0.2) is 0 Å². The lowest BCUT2D eigenvalue weighted by molar-refractivity contribution is -0.171. The maximum atomic E-state index is 12.9. The standard InChI is InChI=1S/C19H32N2O5/c1-13(2)10-20-12-19(17(20)25)7-6-8-21(19)16(24)14(11-22)9-15(23)26-18(3,4)5/h13-14,22H,6-12H2,1-5H3/t14-,19?/m0/s1. The van der Waals surface area contributed by atoms with Gasteiger partial charge < -0.3 is 19.6 Å². The third kappa shape index (κ3) is 4.19. The summed E-state index contributed by atoms with van der Waals surface area (Å²) in [6, 6.07) is 0. The van der Waals surface area contributed by atoms with Crippen LogP contribution >= 0.6 is 0 Å². The molecule has 0 aromatic carbocycles. The first kappa shape index (κ1) is 20.7. The summed E-state index contributed by atoms with van der Waals surface area (Å²) < 4.78 is 5.26. The number of esters is 1. The van der Waals surface area contributed by atoms with E-state index in [0.29, 0.717) is 32.0 Å². The van der Waals surface area contributed by atoms with E-state index in [9.17, 15) is 19.5 Å². The smallest absolute Gasteiger partial charge is 0.307 e. The molecule has 1 spiro atoms. The number of carbonyl (C=O) groups excluding carboxylic acids is 3. The molecule has 0 bridgehead atoms. The molecule has 0 saturated carbocycles. The number of hydrogen-bond donors (Lipinski definition) is 1. The summed E-state index contributed by atoms with van der Waals surface area (Å²) in [5.74, 6) is -1.34. The van der Waals surface area contributed by atoms with Crippen LogP contribution in [0, 0.1) is 11.8 Å². The molecule has 0 aliphatic carbocycles. The predicted molar refractivity (Wildman–Crippen MR) is 96.1 cm³/mol. The zero-order chi connectivity index (χ0) is 19.7. The van der Waals surface area contributed by atoms with Crippen molar-refractivity contribution in [1.82, 2.24) is 9.80 Å². The highest BCUT2D eigenvalue weighted by molar-refractivity contribution is 5.98. The van der Waals surface area contributed by atoms with Crippen molar-refractivity contribution in [3.63, 3.8) is 0 Å². The van der Waals surface area contributed by atoms with E-state index < -0.39 is 29.6 Å². The Morgan fingerprint density at radius 2 is 1.96 bits per heavy atom. The number of hydrogen-bond acceptors (Lipinski definition) is 5. The number of nitrogens with zero attached hydrogens (tertiary/aromatic N) is 2. The van der Waals surface area contributed by atoms with Gasteiger partial charge in [0, 0.05) is 13.1 Å². The highest BCUT2D eigenvalue weighted by Crippen LogP contribution is 2.40. The van der Waals surface area contributed by atoms with Crippen LogP contribution in [-0.4, -0.2) is 70.1 Å². The normalized spacial score (nSPS) is 24.2. The summed E-state index contributed by atoms with van der Waals surface area (Å²) in [4.78, 5) is 41.1. The van der Waals surface area contributed by atoms with E-state index in [2.05, 4.69) is 13.8 Å². The molecule has 148 valence electrons. The van der Waals surface area contributed by atoms with E-state index >= 15 is 0 Å². The van der Waals surface area contributed by atoms with Crippen molar-refractivity contribution in [2.45, 2.75) is 65.0 Å². The molecule has 2 atom stereocenters. The Kier molecular flexibility index (Phi) is 6.00. The maximum absolute atomic E-state index is 12.9. The first-order valence-corrected chi connectivity index (χ1v) is 9.44.